The van der Waals surface area contributed by atoms with Crippen LogP contribution in [0.15, 0.2) is 54.6 Å². The van der Waals surface area contributed by atoms with Gasteiger partial charge in [-0.05, 0) is 24.1 Å². The van der Waals surface area contributed by atoms with Crippen LogP contribution in [0.5, 0.6) is 0 Å². The normalized spacial score (nSPS) is 18.4. The molecule has 2 aromatic carbocycles. The van der Waals surface area contributed by atoms with Gasteiger partial charge in [0.15, 0.2) is 0 Å². The van der Waals surface area contributed by atoms with Gasteiger partial charge in [-0.25, -0.2) is 4.79 Å². The average molecular weight is 396 g/mol. The van der Waals surface area contributed by atoms with Crippen molar-refractivity contribution < 1.29 is 19.3 Å². The smallest absolute Gasteiger partial charge is 0.325 e. The summed E-state index contributed by atoms with van der Waals surface area (Å²) in [5, 5.41) is 16.0. The fourth-order valence-corrected chi connectivity index (χ4v) is 3.39. The molecule has 0 bridgehead atoms. The van der Waals surface area contributed by atoms with Crippen LogP contribution in [-0.4, -0.2) is 34.2 Å². The minimum absolute atomic E-state index is 0.107. The zero-order valence-electron chi connectivity index (χ0n) is 15.8. The summed E-state index contributed by atoms with van der Waals surface area (Å²) in [5.74, 6) is -1.06. The van der Waals surface area contributed by atoms with Gasteiger partial charge in [0, 0.05) is 17.8 Å². The molecule has 0 unspecified atom stereocenters. The molecule has 1 aliphatic heterocycles. The number of nitrogens with one attached hydrogen (secondary N) is 2. The van der Waals surface area contributed by atoms with Crippen molar-refractivity contribution in [1.82, 2.24) is 10.2 Å². The fraction of sp³-hybridized carbons (Fsp3) is 0.250. The summed E-state index contributed by atoms with van der Waals surface area (Å²) in [7, 11) is 0. The highest BCUT2D eigenvalue weighted by atomic mass is 16.6. The summed E-state index contributed by atoms with van der Waals surface area (Å²) in [5.41, 5.74) is -0.306. The first kappa shape index (κ1) is 20.0. The summed E-state index contributed by atoms with van der Waals surface area (Å²) in [6.07, 6.45) is 1.06. The third-order valence-corrected chi connectivity index (χ3v) is 4.73. The lowest BCUT2D eigenvalue weighted by Gasteiger charge is -2.26. The van der Waals surface area contributed by atoms with Crippen molar-refractivity contribution in [2.45, 2.75) is 25.3 Å². The van der Waals surface area contributed by atoms with Crippen molar-refractivity contribution in [3.8, 4) is 0 Å². The number of hydrogen-bond donors (Lipinski definition) is 2. The number of carbonyl (C=O) groups is 3. The van der Waals surface area contributed by atoms with Crippen molar-refractivity contribution in [2.75, 3.05) is 11.9 Å². The van der Waals surface area contributed by atoms with Gasteiger partial charge in [0.05, 0.1) is 4.92 Å². The topological polar surface area (TPSA) is 122 Å². The molecule has 9 heteroatoms. The molecule has 2 N–H and O–H groups in total. The first-order valence-corrected chi connectivity index (χ1v) is 9.11. The van der Waals surface area contributed by atoms with E-state index in [1.807, 2.05) is 13.0 Å². The predicted octanol–water partition coefficient (Wildman–Crippen LogP) is 2.78. The van der Waals surface area contributed by atoms with Gasteiger partial charge in [0.2, 0.25) is 5.91 Å². The maximum absolute atomic E-state index is 13.1. The zero-order chi connectivity index (χ0) is 21.0. The molecule has 0 saturated carbocycles. The summed E-state index contributed by atoms with van der Waals surface area (Å²) < 4.78 is 0. The zero-order valence-corrected chi connectivity index (χ0v) is 15.8. The van der Waals surface area contributed by atoms with Gasteiger partial charge in [-0.1, -0.05) is 43.7 Å². The molecular weight excluding hydrogens is 376 g/mol. The number of nitrogens with zero attached hydrogens (tertiary/aromatic N) is 2. The van der Waals surface area contributed by atoms with Crippen molar-refractivity contribution in [3.63, 3.8) is 0 Å². The third kappa shape index (κ3) is 3.93. The Morgan fingerprint density at radius 3 is 2.38 bits per heavy atom. The van der Waals surface area contributed by atoms with Crippen LogP contribution in [0.25, 0.3) is 0 Å². The van der Waals surface area contributed by atoms with Gasteiger partial charge >= 0.3 is 6.03 Å². The SMILES string of the molecule is CCC[C@]1(c2ccccc2)NC(=O)N(CC(=O)Nc2ccc([N+](=O)[O-])cc2)C1=O. The highest BCUT2D eigenvalue weighted by Gasteiger charge is 2.52. The minimum atomic E-state index is -1.19. The van der Waals surface area contributed by atoms with E-state index >= 15 is 0 Å². The number of carbonyl (C=O) groups excluding carboxylic acids is 3. The summed E-state index contributed by atoms with van der Waals surface area (Å²) in [4.78, 5) is 49.0. The Morgan fingerprint density at radius 2 is 1.79 bits per heavy atom. The van der Waals surface area contributed by atoms with Crippen LogP contribution in [0, 0.1) is 10.1 Å². The maximum Gasteiger partial charge on any atom is 0.325 e. The number of non-ortho nitro benzene ring substituents is 1. The lowest BCUT2D eigenvalue weighted by atomic mass is 9.85. The molecule has 29 heavy (non-hydrogen) atoms. The number of hydrogen-bond acceptors (Lipinski definition) is 5. The molecule has 3 rings (SSSR count). The number of nitro benzene ring substituents is 1. The quantitative estimate of drug-likeness (QED) is 0.423. The monoisotopic (exact) mass is 396 g/mol. The maximum atomic E-state index is 13.1. The molecule has 1 saturated heterocycles. The van der Waals surface area contributed by atoms with E-state index in [1.54, 1.807) is 24.3 Å². The third-order valence-electron chi connectivity index (χ3n) is 4.73. The summed E-state index contributed by atoms with van der Waals surface area (Å²) >= 11 is 0. The molecule has 1 aliphatic rings. The van der Waals surface area contributed by atoms with E-state index in [0.29, 0.717) is 24.1 Å². The number of anilines is 1. The molecule has 150 valence electrons. The predicted molar refractivity (Wildman–Crippen MR) is 105 cm³/mol. The molecule has 4 amide bonds. The number of amides is 4. The van der Waals surface area contributed by atoms with Crippen LogP contribution < -0.4 is 10.6 Å². The Bertz CT molecular complexity index is 945. The van der Waals surface area contributed by atoms with Crippen LogP contribution in [-0.2, 0) is 15.1 Å². The molecule has 0 aromatic heterocycles. The molecule has 1 fully saturated rings. The first-order valence-electron chi connectivity index (χ1n) is 9.11. The average Bonchev–Trinajstić information content (AvgIpc) is 2.94. The molecule has 2 aromatic rings. The van der Waals surface area contributed by atoms with Gasteiger partial charge in [-0.2, -0.15) is 0 Å². The van der Waals surface area contributed by atoms with Gasteiger partial charge in [-0.3, -0.25) is 24.6 Å². The number of imide groups is 1. The van der Waals surface area contributed by atoms with Crippen molar-refractivity contribution in [3.05, 3.63) is 70.3 Å². The molecule has 0 aliphatic carbocycles. The number of nitro groups is 1. The highest BCUT2D eigenvalue weighted by Crippen LogP contribution is 2.33. The molecular formula is C20H20N4O5. The Kier molecular flexibility index (Phi) is 5.58. The summed E-state index contributed by atoms with van der Waals surface area (Å²) in [6.45, 7) is 1.45. The van der Waals surface area contributed by atoms with E-state index in [9.17, 15) is 24.5 Å². The number of benzene rings is 2. The highest BCUT2D eigenvalue weighted by molar-refractivity contribution is 6.10. The van der Waals surface area contributed by atoms with Crippen LogP contribution in [0.4, 0.5) is 16.2 Å². The Morgan fingerprint density at radius 1 is 1.14 bits per heavy atom. The van der Waals surface area contributed by atoms with E-state index in [1.165, 1.54) is 24.3 Å². The Hall–Kier alpha value is -3.75. The molecule has 0 spiro atoms. The second kappa shape index (κ2) is 8.09. The molecule has 0 radical (unpaired) electrons. The van der Waals surface area contributed by atoms with Crippen LogP contribution in [0.2, 0.25) is 0 Å². The largest absolute Gasteiger partial charge is 0.325 e. The van der Waals surface area contributed by atoms with E-state index < -0.39 is 34.9 Å². The van der Waals surface area contributed by atoms with E-state index in [2.05, 4.69) is 10.6 Å². The first-order chi connectivity index (χ1) is 13.9. The van der Waals surface area contributed by atoms with Crippen molar-refractivity contribution in [2.24, 2.45) is 0 Å². The lowest BCUT2D eigenvalue weighted by Crippen LogP contribution is -2.44. The Labute approximate surface area is 166 Å². The Balaban J connectivity index is 1.75. The van der Waals surface area contributed by atoms with Gasteiger partial charge in [0.25, 0.3) is 11.6 Å². The van der Waals surface area contributed by atoms with Crippen molar-refractivity contribution in [1.29, 1.82) is 0 Å². The van der Waals surface area contributed by atoms with Gasteiger partial charge in [0.1, 0.15) is 12.1 Å². The standard InChI is InChI=1S/C20H20N4O5/c1-2-12-20(14-6-4-3-5-7-14)18(26)23(19(27)22-20)13-17(25)21-15-8-10-16(11-9-15)24(28)29/h3-11H,2,12-13H2,1H3,(H,21,25)(H,22,27)/t20-/m1/s1. The fourth-order valence-electron chi connectivity index (χ4n) is 3.39. The summed E-state index contributed by atoms with van der Waals surface area (Å²) in [6, 6.07) is 13.6. The van der Waals surface area contributed by atoms with E-state index in [-0.39, 0.29) is 5.69 Å². The van der Waals surface area contributed by atoms with Crippen LogP contribution >= 0.6 is 0 Å². The van der Waals surface area contributed by atoms with E-state index in [0.717, 1.165) is 4.90 Å². The minimum Gasteiger partial charge on any atom is -0.325 e. The van der Waals surface area contributed by atoms with E-state index in [4.69, 9.17) is 0 Å². The molecule has 1 heterocycles. The van der Waals surface area contributed by atoms with Gasteiger partial charge in [-0.15, -0.1) is 0 Å². The number of rotatable bonds is 7. The van der Waals surface area contributed by atoms with Gasteiger partial charge < -0.3 is 10.6 Å². The van der Waals surface area contributed by atoms with Crippen LogP contribution in [0.1, 0.15) is 25.3 Å². The second-order valence-corrected chi connectivity index (χ2v) is 6.69. The van der Waals surface area contributed by atoms with Crippen molar-refractivity contribution >= 4 is 29.2 Å². The lowest BCUT2D eigenvalue weighted by molar-refractivity contribution is -0.384. The molecule has 1 atom stereocenters. The number of urea groups is 1. The van der Waals surface area contributed by atoms with Crippen LogP contribution in [0.3, 0.4) is 0 Å². The second-order valence-electron chi connectivity index (χ2n) is 6.69. The molecule has 9 nitrogen and oxygen atoms in total.